The van der Waals surface area contributed by atoms with Crippen LogP contribution >= 0.6 is 11.8 Å². The minimum absolute atomic E-state index is 0.596. The maximum absolute atomic E-state index is 5.35. The van der Waals surface area contributed by atoms with Crippen molar-refractivity contribution in [1.29, 1.82) is 0 Å². The third kappa shape index (κ3) is 3.07. The first kappa shape index (κ1) is 13.9. The normalized spacial score (nSPS) is 11.1. The maximum Gasteiger partial charge on any atom is 0.202 e. The summed E-state index contributed by atoms with van der Waals surface area (Å²) in [6.07, 6.45) is 4.93. The van der Waals surface area contributed by atoms with Gasteiger partial charge in [0.15, 0.2) is 10.9 Å². The summed E-state index contributed by atoms with van der Waals surface area (Å²) in [5.41, 5.74) is 0.814. The molecule has 0 unspecified atom stereocenters. The third-order valence-corrected chi connectivity index (χ3v) is 4.17. The van der Waals surface area contributed by atoms with Crippen LogP contribution in [-0.2, 0) is 12.3 Å². The Morgan fingerprint density at radius 1 is 1.09 bits per heavy atom. The van der Waals surface area contributed by atoms with E-state index in [-0.39, 0.29) is 0 Å². The molecule has 23 heavy (non-hydrogen) atoms. The molecule has 4 aromatic rings. The quantitative estimate of drug-likeness (QED) is 0.501. The molecule has 4 heterocycles. The van der Waals surface area contributed by atoms with Crippen molar-refractivity contribution in [3.05, 3.63) is 60.6 Å². The van der Waals surface area contributed by atoms with Crippen LogP contribution in [0.25, 0.3) is 11.5 Å². The molecule has 0 radical (unpaired) electrons. The van der Waals surface area contributed by atoms with E-state index in [2.05, 4.69) is 15.4 Å². The molecule has 4 aromatic heterocycles. The summed E-state index contributed by atoms with van der Waals surface area (Å²) in [4.78, 5) is 0. The molecule has 0 amide bonds. The van der Waals surface area contributed by atoms with Gasteiger partial charge in [0.1, 0.15) is 12.1 Å². The second-order valence-corrected chi connectivity index (χ2v) is 5.71. The summed E-state index contributed by atoms with van der Waals surface area (Å²) < 4.78 is 17.8. The number of rotatable bonds is 6. The number of thioether (sulfide) groups is 1. The highest BCUT2D eigenvalue weighted by Gasteiger charge is 2.12. The van der Waals surface area contributed by atoms with E-state index in [1.165, 1.54) is 11.8 Å². The van der Waals surface area contributed by atoms with E-state index >= 15 is 0 Å². The molecule has 0 bridgehead atoms. The van der Waals surface area contributed by atoms with E-state index < -0.39 is 0 Å². The number of furan rings is 2. The summed E-state index contributed by atoms with van der Waals surface area (Å²) in [5.74, 6) is 2.76. The molecule has 0 aliphatic rings. The Morgan fingerprint density at radius 2 is 2.00 bits per heavy atom. The highest BCUT2D eigenvalue weighted by Crippen LogP contribution is 2.25. The Balaban J connectivity index is 1.43. The Hall–Kier alpha value is -2.74. The maximum atomic E-state index is 5.35. The second kappa shape index (κ2) is 6.17. The monoisotopic (exact) mass is 328 g/mol. The van der Waals surface area contributed by atoms with Gasteiger partial charge < -0.3 is 17.9 Å². The summed E-state index contributed by atoms with van der Waals surface area (Å²) in [7, 11) is 0. The van der Waals surface area contributed by atoms with Crippen molar-refractivity contribution in [2.75, 3.05) is 0 Å². The van der Waals surface area contributed by atoms with Crippen LogP contribution in [0.2, 0.25) is 0 Å². The highest BCUT2D eigenvalue weighted by atomic mass is 32.2. The molecular weight excluding hydrogens is 316 g/mol. The lowest BCUT2D eigenvalue weighted by Gasteiger charge is -2.02. The molecule has 0 N–H and O–H groups in total. The lowest BCUT2D eigenvalue weighted by molar-refractivity contribution is 0.413. The molecule has 4 rings (SSSR count). The van der Waals surface area contributed by atoms with Crippen LogP contribution in [0.15, 0.2) is 67.7 Å². The van der Waals surface area contributed by atoms with Gasteiger partial charge in [-0.05, 0) is 24.3 Å². The van der Waals surface area contributed by atoms with Crippen molar-refractivity contribution in [3.8, 4) is 11.5 Å². The van der Waals surface area contributed by atoms with Gasteiger partial charge in [-0.2, -0.15) is 0 Å². The topological polar surface area (TPSA) is 83.0 Å². The Labute approximate surface area is 135 Å². The largest absolute Gasteiger partial charge is 0.467 e. The van der Waals surface area contributed by atoms with Crippen molar-refractivity contribution >= 4 is 11.8 Å². The van der Waals surface area contributed by atoms with Gasteiger partial charge in [-0.3, -0.25) is 0 Å². The van der Waals surface area contributed by atoms with Crippen molar-refractivity contribution < 1.29 is 13.4 Å². The number of hydrogen-bond acceptors (Lipinski definition) is 7. The van der Waals surface area contributed by atoms with Crippen molar-refractivity contribution in [2.45, 2.75) is 17.5 Å². The first-order chi connectivity index (χ1) is 11.4. The predicted molar refractivity (Wildman–Crippen MR) is 81.6 cm³/mol. The average molecular weight is 328 g/mol. The molecule has 0 atom stereocenters. The van der Waals surface area contributed by atoms with Gasteiger partial charge in [-0.25, -0.2) is 0 Å². The molecule has 8 heteroatoms. The minimum Gasteiger partial charge on any atom is -0.467 e. The molecule has 0 fully saturated rings. The van der Waals surface area contributed by atoms with Crippen LogP contribution < -0.4 is 0 Å². The number of hydrogen-bond donors (Lipinski definition) is 0. The molecule has 0 aliphatic heterocycles. The van der Waals surface area contributed by atoms with Crippen LogP contribution in [0.5, 0.6) is 0 Å². The van der Waals surface area contributed by atoms with Crippen LogP contribution in [0.4, 0.5) is 0 Å². The fourth-order valence-electron chi connectivity index (χ4n) is 2.09. The molecule has 7 nitrogen and oxygen atoms in total. The van der Waals surface area contributed by atoms with Gasteiger partial charge in [0.2, 0.25) is 5.76 Å². The standard InChI is InChI=1S/C15H12N4O3S/c1-3-12(20-5-1)8-19-10-16-17-15(19)23-9-11-7-14(22-18-11)13-4-2-6-21-13/h1-7,10H,8-9H2. The lowest BCUT2D eigenvalue weighted by atomic mass is 10.3. The fourth-order valence-corrected chi connectivity index (χ4v) is 2.88. The highest BCUT2D eigenvalue weighted by molar-refractivity contribution is 7.98. The zero-order chi connectivity index (χ0) is 15.5. The fraction of sp³-hybridized carbons (Fsp3) is 0.133. The van der Waals surface area contributed by atoms with Gasteiger partial charge in [0.05, 0.1) is 24.8 Å². The Morgan fingerprint density at radius 3 is 2.83 bits per heavy atom. The van der Waals surface area contributed by atoms with Crippen molar-refractivity contribution in [2.24, 2.45) is 0 Å². The molecule has 0 aliphatic carbocycles. The molecule has 116 valence electrons. The van der Waals surface area contributed by atoms with Crippen molar-refractivity contribution in [1.82, 2.24) is 19.9 Å². The van der Waals surface area contributed by atoms with Gasteiger partial charge in [-0.1, -0.05) is 16.9 Å². The molecule has 0 saturated heterocycles. The SMILES string of the molecule is c1coc(Cn2cnnc2SCc2cc(-c3ccco3)on2)c1. The number of nitrogens with zero attached hydrogens (tertiary/aromatic N) is 4. The van der Waals surface area contributed by atoms with Gasteiger partial charge in [-0.15, -0.1) is 10.2 Å². The van der Waals surface area contributed by atoms with Gasteiger partial charge >= 0.3 is 0 Å². The zero-order valence-electron chi connectivity index (χ0n) is 12.0. The van der Waals surface area contributed by atoms with E-state index in [0.717, 1.165) is 16.6 Å². The Kier molecular flexibility index (Phi) is 3.73. The summed E-state index contributed by atoms with van der Waals surface area (Å²) in [5, 5.41) is 12.9. The van der Waals surface area contributed by atoms with E-state index in [4.69, 9.17) is 13.4 Å². The van der Waals surface area contributed by atoms with Crippen LogP contribution in [-0.4, -0.2) is 19.9 Å². The number of aromatic nitrogens is 4. The first-order valence-electron chi connectivity index (χ1n) is 6.91. The molecule has 0 saturated carbocycles. The predicted octanol–water partition coefficient (Wildman–Crippen LogP) is 3.46. The minimum atomic E-state index is 0.596. The second-order valence-electron chi connectivity index (χ2n) is 4.77. The molecule has 0 aromatic carbocycles. The molecule has 0 spiro atoms. The lowest BCUT2D eigenvalue weighted by Crippen LogP contribution is -1.99. The summed E-state index contributed by atoms with van der Waals surface area (Å²) in [6, 6.07) is 9.28. The summed E-state index contributed by atoms with van der Waals surface area (Å²) >= 11 is 1.53. The molecular formula is C15H12N4O3S. The van der Waals surface area contributed by atoms with E-state index in [9.17, 15) is 0 Å². The average Bonchev–Trinajstić information content (AvgIpc) is 3.34. The summed E-state index contributed by atoms with van der Waals surface area (Å²) in [6.45, 7) is 0.596. The first-order valence-corrected chi connectivity index (χ1v) is 7.89. The zero-order valence-corrected chi connectivity index (χ0v) is 12.8. The Bertz CT molecular complexity index is 864. The van der Waals surface area contributed by atoms with E-state index in [0.29, 0.717) is 23.8 Å². The smallest absolute Gasteiger partial charge is 0.202 e. The van der Waals surface area contributed by atoms with Gasteiger partial charge in [0.25, 0.3) is 0 Å². The van der Waals surface area contributed by atoms with Crippen LogP contribution in [0.1, 0.15) is 11.5 Å². The van der Waals surface area contributed by atoms with E-state index in [1.54, 1.807) is 18.9 Å². The van der Waals surface area contributed by atoms with Crippen LogP contribution in [0, 0.1) is 0 Å². The third-order valence-electron chi connectivity index (χ3n) is 3.16. The van der Waals surface area contributed by atoms with Crippen LogP contribution in [0.3, 0.4) is 0 Å². The van der Waals surface area contributed by atoms with Gasteiger partial charge in [0, 0.05) is 11.8 Å². The van der Waals surface area contributed by atoms with Crippen molar-refractivity contribution in [3.63, 3.8) is 0 Å². The van der Waals surface area contributed by atoms with E-state index in [1.807, 2.05) is 34.9 Å².